The van der Waals surface area contributed by atoms with Crippen LogP contribution < -0.4 is 0 Å². The topological polar surface area (TPSA) is 70.0 Å². The molecule has 0 bridgehead atoms. The number of benzene rings is 1. The van der Waals surface area contributed by atoms with Gasteiger partial charge in [0.15, 0.2) is 0 Å². The standard InChI is InChI=1S/C14H17NO4/c1-19-14(17)15(18)12-8-7-11(9-12)13(16)10-5-3-2-4-6-10/h2-8,11-13,16,18H,9H2,1H3/t11-,12+,13?/m1/s1. The van der Waals surface area contributed by atoms with E-state index in [1.165, 1.54) is 7.11 Å². The number of methoxy groups -OCH3 is 1. The van der Waals surface area contributed by atoms with Gasteiger partial charge in [0.2, 0.25) is 0 Å². The Morgan fingerprint density at radius 3 is 2.68 bits per heavy atom. The van der Waals surface area contributed by atoms with Crippen molar-refractivity contribution < 1.29 is 19.8 Å². The van der Waals surface area contributed by atoms with E-state index >= 15 is 0 Å². The molecule has 1 aliphatic carbocycles. The molecule has 1 aromatic rings. The van der Waals surface area contributed by atoms with Crippen molar-refractivity contribution in [2.24, 2.45) is 5.92 Å². The van der Waals surface area contributed by atoms with Gasteiger partial charge in [-0.2, -0.15) is 5.06 Å². The average molecular weight is 263 g/mol. The Hall–Kier alpha value is -1.85. The van der Waals surface area contributed by atoms with E-state index in [9.17, 15) is 15.1 Å². The lowest BCUT2D eigenvalue weighted by Crippen LogP contribution is -2.36. The molecule has 5 heteroatoms. The van der Waals surface area contributed by atoms with E-state index in [0.717, 1.165) is 5.56 Å². The number of aliphatic hydroxyl groups excluding tert-OH is 1. The van der Waals surface area contributed by atoms with Gasteiger partial charge in [-0.05, 0) is 12.0 Å². The molecule has 0 fully saturated rings. The molecule has 1 unspecified atom stereocenters. The molecule has 2 rings (SSSR count). The van der Waals surface area contributed by atoms with Crippen LogP contribution in [0, 0.1) is 5.92 Å². The molecule has 2 N–H and O–H groups in total. The monoisotopic (exact) mass is 263 g/mol. The second-order valence-electron chi connectivity index (χ2n) is 4.52. The van der Waals surface area contributed by atoms with Crippen LogP contribution in [-0.2, 0) is 4.74 Å². The Bertz CT molecular complexity index is 460. The SMILES string of the molecule is COC(=O)N(O)[C@H]1C=C[C@@H](C(O)c2ccccc2)C1. The van der Waals surface area contributed by atoms with Gasteiger partial charge in [0, 0.05) is 5.92 Å². The average Bonchev–Trinajstić information content (AvgIpc) is 2.95. The number of hydroxylamine groups is 2. The van der Waals surface area contributed by atoms with Crippen molar-refractivity contribution >= 4 is 6.09 Å². The normalized spacial score (nSPS) is 23.1. The summed E-state index contributed by atoms with van der Waals surface area (Å²) in [7, 11) is 1.21. The van der Waals surface area contributed by atoms with E-state index in [1.54, 1.807) is 6.08 Å². The van der Waals surface area contributed by atoms with Gasteiger partial charge in [0.25, 0.3) is 0 Å². The summed E-state index contributed by atoms with van der Waals surface area (Å²) in [6, 6.07) is 8.85. The highest BCUT2D eigenvalue weighted by Gasteiger charge is 2.31. The minimum atomic E-state index is -0.801. The van der Waals surface area contributed by atoms with Crippen molar-refractivity contribution in [3.05, 3.63) is 48.0 Å². The lowest BCUT2D eigenvalue weighted by atomic mass is 9.94. The van der Waals surface area contributed by atoms with Gasteiger partial charge in [0.1, 0.15) is 0 Å². The van der Waals surface area contributed by atoms with E-state index in [-0.39, 0.29) is 5.92 Å². The number of rotatable bonds is 3. The van der Waals surface area contributed by atoms with Crippen molar-refractivity contribution in [1.82, 2.24) is 5.06 Å². The molecule has 19 heavy (non-hydrogen) atoms. The van der Waals surface area contributed by atoms with Crippen LogP contribution in [0.2, 0.25) is 0 Å². The zero-order valence-electron chi connectivity index (χ0n) is 10.6. The van der Waals surface area contributed by atoms with E-state index in [1.807, 2.05) is 36.4 Å². The third-order valence-electron chi connectivity index (χ3n) is 3.32. The first-order chi connectivity index (χ1) is 9.13. The van der Waals surface area contributed by atoms with E-state index in [2.05, 4.69) is 4.74 Å². The molecule has 0 saturated heterocycles. The van der Waals surface area contributed by atoms with Gasteiger partial charge in [-0.1, -0.05) is 42.5 Å². The fraction of sp³-hybridized carbons (Fsp3) is 0.357. The number of nitrogens with zero attached hydrogens (tertiary/aromatic N) is 1. The molecule has 0 aromatic heterocycles. The fourth-order valence-electron chi connectivity index (χ4n) is 2.25. The van der Waals surface area contributed by atoms with Gasteiger partial charge in [-0.15, -0.1) is 0 Å². The first kappa shape index (κ1) is 13.6. The Labute approximate surface area is 111 Å². The Morgan fingerprint density at radius 2 is 2.05 bits per heavy atom. The molecule has 5 nitrogen and oxygen atoms in total. The van der Waals surface area contributed by atoms with E-state index < -0.39 is 18.2 Å². The quantitative estimate of drug-likeness (QED) is 0.498. The fourth-order valence-corrected chi connectivity index (χ4v) is 2.25. The number of amides is 1. The first-order valence-corrected chi connectivity index (χ1v) is 6.11. The smallest absolute Gasteiger partial charge is 0.434 e. The maximum Gasteiger partial charge on any atom is 0.434 e. The van der Waals surface area contributed by atoms with Crippen LogP contribution in [0.5, 0.6) is 0 Å². The number of hydrogen-bond acceptors (Lipinski definition) is 4. The molecule has 1 aliphatic rings. The molecule has 3 atom stereocenters. The number of carbonyl (C=O) groups excluding carboxylic acids is 1. The Morgan fingerprint density at radius 1 is 1.37 bits per heavy atom. The summed E-state index contributed by atoms with van der Waals surface area (Å²) in [6.07, 6.45) is 2.53. The van der Waals surface area contributed by atoms with Crippen LogP contribution in [0.15, 0.2) is 42.5 Å². The molecule has 0 aliphatic heterocycles. The predicted octanol–water partition coefficient (Wildman–Crippen LogP) is 2.12. The van der Waals surface area contributed by atoms with Crippen LogP contribution in [0.1, 0.15) is 18.1 Å². The third-order valence-corrected chi connectivity index (χ3v) is 3.32. The van der Waals surface area contributed by atoms with Crippen LogP contribution >= 0.6 is 0 Å². The van der Waals surface area contributed by atoms with Crippen molar-refractivity contribution in [2.75, 3.05) is 7.11 Å². The van der Waals surface area contributed by atoms with Gasteiger partial charge >= 0.3 is 6.09 Å². The predicted molar refractivity (Wildman–Crippen MR) is 68.5 cm³/mol. The highest BCUT2D eigenvalue weighted by atomic mass is 16.6. The molecule has 1 aromatic carbocycles. The summed E-state index contributed by atoms with van der Waals surface area (Å²) in [5.74, 6) is -0.133. The van der Waals surface area contributed by atoms with Crippen LogP contribution in [0.4, 0.5) is 4.79 Å². The molecule has 0 spiro atoms. The molecular formula is C14H17NO4. The maximum atomic E-state index is 11.2. The summed E-state index contributed by atoms with van der Waals surface area (Å²) < 4.78 is 4.45. The molecule has 0 saturated carbocycles. The molecule has 1 amide bonds. The number of hydrogen-bond donors (Lipinski definition) is 2. The number of aliphatic hydroxyl groups is 1. The van der Waals surface area contributed by atoms with E-state index in [4.69, 9.17) is 0 Å². The van der Waals surface area contributed by atoms with Gasteiger partial charge < -0.3 is 9.84 Å². The first-order valence-electron chi connectivity index (χ1n) is 6.11. The zero-order valence-corrected chi connectivity index (χ0v) is 10.6. The van der Waals surface area contributed by atoms with Crippen molar-refractivity contribution in [3.63, 3.8) is 0 Å². The van der Waals surface area contributed by atoms with Crippen molar-refractivity contribution in [3.8, 4) is 0 Å². The maximum absolute atomic E-state index is 11.2. The zero-order chi connectivity index (χ0) is 13.8. The molecular weight excluding hydrogens is 246 g/mol. The van der Waals surface area contributed by atoms with Gasteiger partial charge in [-0.25, -0.2) is 4.79 Å². The highest BCUT2D eigenvalue weighted by molar-refractivity contribution is 5.66. The van der Waals surface area contributed by atoms with Crippen molar-refractivity contribution in [1.29, 1.82) is 0 Å². The Balaban J connectivity index is 2.00. The molecule has 0 heterocycles. The minimum Gasteiger partial charge on any atom is -0.451 e. The van der Waals surface area contributed by atoms with Crippen molar-refractivity contribution in [2.45, 2.75) is 18.6 Å². The highest BCUT2D eigenvalue weighted by Crippen LogP contribution is 2.32. The van der Waals surface area contributed by atoms with Crippen LogP contribution in [-0.4, -0.2) is 34.6 Å². The number of ether oxygens (including phenoxy) is 1. The summed E-state index contributed by atoms with van der Waals surface area (Å²) in [4.78, 5) is 11.2. The minimum absolute atomic E-state index is 0.133. The summed E-state index contributed by atoms with van der Waals surface area (Å²) in [5.41, 5.74) is 0.820. The lowest BCUT2D eigenvalue weighted by Gasteiger charge is -2.22. The third kappa shape index (κ3) is 2.94. The lowest BCUT2D eigenvalue weighted by molar-refractivity contribution is -0.0915. The Kier molecular flexibility index (Phi) is 4.19. The van der Waals surface area contributed by atoms with Gasteiger partial charge in [0.05, 0.1) is 19.3 Å². The van der Waals surface area contributed by atoms with Gasteiger partial charge in [-0.3, -0.25) is 5.21 Å². The van der Waals surface area contributed by atoms with Crippen LogP contribution in [0.25, 0.3) is 0 Å². The molecule has 0 radical (unpaired) electrons. The number of carbonyl (C=O) groups is 1. The summed E-state index contributed by atoms with van der Waals surface area (Å²) >= 11 is 0. The molecule has 102 valence electrons. The van der Waals surface area contributed by atoms with E-state index in [0.29, 0.717) is 11.5 Å². The summed E-state index contributed by atoms with van der Waals surface area (Å²) in [6.45, 7) is 0. The second kappa shape index (κ2) is 5.86. The van der Waals surface area contributed by atoms with Crippen LogP contribution in [0.3, 0.4) is 0 Å². The summed E-state index contributed by atoms with van der Waals surface area (Å²) in [5, 5.41) is 20.4. The largest absolute Gasteiger partial charge is 0.451 e. The second-order valence-corrected chi connectivity index (χ2v) is 4.52.